The molecule has 1 saturated carbocycles. The van der Waals surface area contributed by atoms with Crippen LogP contribution in [0.2, 0.25) is 10.2 Å². The first-order chi connectivity index (χ1) is 13.2. The molecular formula is C21H25Cl2N3O2. The van der Waals surface area contributed by atoms with E-state index in [9.17, 15) is 4.79 Å². The molecule has 3 rings (SSSR count). The van der Waals surface area contributed by atoms with Crippen molar-refractivity contribution < 1.29 is 9.53 Å². The normalized spacial score (nSPS) is 15.0. The molecule has 1 fully saturated rings. The highest BCUT2D eigenvalue weighted by molar-refractivity contribution is 6.32. The molecule has 1 heterocycles. The summed E-state index contributed by atoms with van der Waals surface area (Å²) in [6.45, 7) is 6.89. The summed E-state index contributed by atoms with van der Waals surface area (Å²) in [6.07, 6.45) is 3.46. The van der Waals surface area contributed by atoms with Gasteiger partial charge in [-0.3, -0.25) is 0 Å². The summed E-state index contributed by atoms with van der Waals surface area (Å²) in [6, 6.07) is 9.48. The summed E-state index contributed by atoms with van der Waals surface area (Å²) < 4.78 is 5.31. The second-order valence-corrected chi connectivity index (χ2v) is 9.07. The van der Waals surface area contributed by atoms with Crippen LogP contribution in [0.15, 0.2) is 36.5 Å². The predicted molar refractivity (Wildman–Crippen MR) is 114 cm³/mol. The fraction of sp³-hybridized carbons (Fsp3) is 0.429. The number of hydrogen-bond donors (Lipinski definition) is 2. The minimum absolute atomic E-state index is 0.0526. The molecule has 1 amide bonds. The molecule has 150 valence electrons. The number of hydrogen-bond acceptors (Lipinski definition) is 4. The van der Waals surface area contributed by atoms with Crippen LogP contribution in [0.5, 0.6) is 0 Å². The third-order valence-electron chi connectivity index (χ3n) is 4.63. The van der Waals surface area contributed by atoms with Gasteiger partial charge in [-0.25, -0.2) is 9.78 Å². The van der Waals surface area contributed by atoms with Crippen LogP contribution < -0.4 is 10.6 Å². The summed E-state index contributed by atoms with van der Waals surface area (Å²) >= 11 is 12.2. The molecule has 1 aliphatic carbocycles. The van der Waals surface area contributed by atoms with E-state index >= 15 is 0 Å². The number of pyridine rings is 1. The summed E-state index contributed by atoms with van der Waals surface area (Å²) in [5.74, 6) is 0. The molecule has 28 heavy (non-hydrogen) atoms. The van der Waals surface area contributed by atoms with E-state index in [1.54, 1.807) is 6.20 Å². The van der Waals surface area contributed by atoms with E-state index in [1.807, 2.05) is 51.1 Å². The van der Waals surface area contributed by atoms with Crippen molar-refractivity contribution in [3.05, 3.63) is 46.7 Å². The molecule has 0 unspecified atom stereocenters. The molecule has 0 saturated heterocycles. The molecule has 1 aromatic carbocycles. The number of rotatable bonds is 6. The first-order valence-electron chi connectivity index (χ1n) is 9.28. The Hall–Kier alpha value is -1.98. The number of halogens is 2. The summed E-state index contributed by atoms with van der Waals surface area (Å²) in [4.78, 5) is 16.2. The number of amides is 1. The lowest BCUT2D eigenvalue weighted by molar-refractivity contribution is 0.0517. The van der Waals surface area contributed by atoms with Crippen LogP contribution in [-0.4, -0.2) is 29.8 Å². The largest absolute Gasteiger partial charge is 0.444 e. The number of benzene rings is 1. The maximum atomic E-state index is 11.9. The maximum absolute atomic E-state index is 11.9. The highest BCUT2D eigenvalue weighted by Gasteiger charge is 2.42. The van der Waals surface area contributed by atoms with Gasteiger partial charge in [-0.2, -0.15) is 0 Å². The topological polar surface area (TPSA) is 63.2 Å². The van der Waals surface area contributed by atoms with Crippen LogP contribution in [0.3, 0.4) is 0 Å². The average molecular weight is 422 g/mol. The molecule has 0 bridgehead atoms. The predicted octanol–water partition coefficient (Wildman–Crippen LogP) is 5.77. The van der Waals surface area contributed by atoms with Crippen molar-refractivity contribution >= 4 is 35.0 Å². The Kier molecular flexibility index (Phi) is 6.06. The minimum Gasteiger partial charge on any atom is -0.444 e. The number of anilines is 1. The van der Waals surface area contributed by atoms with E-state index in [0.717, 1.165) is 36.2 Å². The Balaban J connectivity index is 1.59. The first-order valence-corrected chi connectivity index (χ1v) is 10.0. The maximum Gasteiger partial charge on any atom is 0.407 e. The van der Waals surface area contributed by atoms with Crippen molar-refractivity contribution in [1.29, 1.82) is 0 Å². The van der Waals surface area contributed by atoms with E-state index in [1.165, 1.54) is 0 Å². The summed E-state index contributed by atoms with van der Waals surface area (Å²) in [7, 11) is 0. The number of carbonyl (C=O) groups is 1. The molecule has 7 heteroatoms. The lowest BCUT2D eigenvalue weighted by atomic mass is 10.1. The van der Waals surface area contributed by atoms with Gasteiger partial charge in [-0.1, -0.05) is 35.3 Å². The lowest BCUT2D eigenvalue weighted by Gasteiger charge is -2.22. The summed E-state index contributed by atoms with van der Waals surface area (Å²) in [5, 5.41) is 7.43. The van der Waals surface area contributed by atoms with Crippen molar-refractivity contribution in [3.63, 3.8) is 0 Å². The second kappa shape index (κ2) is 8.18. The van der Waals surface area contributed by atoms with Crippen LogP contribution in [0.25, 0.3) is 11.1 Å². The van der Waals surface area contributed by atoms with Gasteiger partial charge in [0, 0.05) is 29.1 Å². The van der Waals surface area contributed by atoms with Gasteiger partial charge in [0.1, 0.15) is 10.8 Å². The Bertz CT molecular complexity index is 844. The number of aromatic nitrogens is 1. The zero-order valence-electron chi connectivity index (χ0n) is 16.3. The number of ether oxygens (including phenoxy) is 1. The highest BCUT2D eigenvalue weighted by atomic mass is 35.5. The van der Waals surface area contributed by atoms with Gasteiger partial charge < -0.3 is 15.4 Å². The zero-order valence-corrected chi connectivity index (χ0v) is 17.8. The Morgan fingerprint density at radius 3 is 2.46 bits per heavy atom. The second-order valence-electron chi connectivity index (χ2n) is 8.28. The van der Waals surface area contributed by atoms with Crippen LogP contribution in [-0.2, 0) is 4.74 Å². The fourth-order valence-electron chi connectivity index (χ4n) is 2.83. The van der Waals surface area contributed by atoms with Crippen LogP contribution in [0.1, 0.15) is 33.6 Å². The molecule has 0 atom stereocenters. The van der Waals surface area contributed by atoms with Gasteiger partial charge in [0.05, 0.1) is 11.9 Å². The van der Waals surface area contributed by atoms with E-state index in [2.05, 4.69) is 15.6 Å². The molecule has 5 nitrogen and oxygen atoms in total. The first kappa shape index (κ1) is 20.7. The van der Waals surface area contributed by atoms with Crippen molar-refractivity contribution in [2.45, 2.75) is 39.2 Å². The van der Waals surface area contributed by atoms with Crippen molar-refractivity contribution in [1.82, 2.24) is 10.3 Å². The van der Waals surface area contributed by atoms with Gasteiger partial charge in [-0.15, -0.1) is 0 Å². The molecule has 2 N–H and O–H groups in total. The van der Waals surface area contributed by atoms with Gasteiger partial charge in [0.2, 0.25) is 0 Å². The Morgan fingerprint density at radius 1 is 1.18 bits per heavy atom. The number of nitrogens with one attached hydrogen (secondary N) is 2. The fourth-order valence-corrected chi connectivity index (χ4v) is 3.17. The molecule has 0 spiro atoms. The molecule has 1 aliphatic rings. The SMILES string of the molecule is CC(C)(C)OC(=O)NCC1(CNc2cnc(Cl)c(-c3ccc(Cl)cc3)c2)CC1. The average Bonchev–Trinajstić information content (AvgIpc) is 3.39. The van der Waals surface area contributed by atoms with E-state index < -0.39 is 5.60 Å². The van der Waals surface area contributed by atoms with Crippen molar-refractivity contribution in [2.75, 3.05) is 18.4 Å². The van der Waals surface area contributed by atoms with E-state index in [0.29, 0.717) is 16.7 Å². The molecule has 0 radical (unpaired) electrons. The smallest absolute Gasteiger partial charge is 0.407 e. The van der Waals surface area contributed by atoms with Gasteiger partial charge in [0.25, 0.3) is 0 Å². The number of alkyl carbamates (subject to hydrolysis) is 1. The molecule has 0 aliphatic heterocycles. The minimum atomic E-state index is -0.494. The van der Waals surface area contributed by atoms with Crippen molar-refractivity contribution in [2.24, 2.45) is 5.41 Å². The van der Waals surface area contributed by atoms with Gasteiger partial charge >= 0.3 is 6.09 Å². The third kappa shape index (κ3) is 5.76. The standard InChI is InChI=1S/C21H25Cl2N3O2/c1-20(2,3)28-19(27)26-13-21(8-9-21)12-25-16-10-17(18(23)24-11-16)14-4-6-15(22)7-5-14/h4-7,10-11,25H,8-9,12-13H2,1-3H3,(H,26,27). The third-order valence-corrected chi connectivity index (χ3v) is 5.18. The number of nitrogens with zero attached hydrogens (tertiary/aromatic N) is 1. The van der Waals surface area contributed by atoms with E-state index in [4.69, 9.17) is 27.9 Å². The Labute approximate surface area is 175 Å². The zero-order chi connectivity index (χ0) is 20.4. The van der Waals surface area contributed by atoms with E-state index in [-0.39, 0.29) is 11.5 Å². The van der Waals surface area contributed by atoms with Crippen LogP contribution in [0, 0.1) is 5.41 Å². The molecule has 1 aromatic heterocycles. The lowest BCUT2D eigenvalue weighted by Crippen LogP contribution is -2.37. The van der Waals surface area contributed by atoms with Crippen LogP contribution in [0.4, 0.5) is 10.5 Å². The molecular weight excluding hydrogens is 397 g/mol. The van der Waals surface area contributed by atoms with Crippen LogP contribution >= 0.6 is 23.2 Å². The van der Waals surface area contributed by atoms with Gasteiger partial charge in [0.15, 0.2) is 0 Å². The van der Waals surface area contributed by atoms with Gasteiger partial charge in [-0.05, 0) is 57.4 Å². The quantitative estimate of drug-likeness (QED) is 0.580. The summed E-state index contributed by atoms with van der Waals surface area (Å²) in [5.41, 5.74) is 2.25. The monoisotopic (exact) mass is 421 g/mol. The van der Waals surface area contributed by atoms with Crippen molar-refractivity contribution in [3.8, 4) is 11.1 Å². The Morgan fingerprint density at radius 2 is 1.86 bits per heavy atom. The highest BCUT2D eigenvalue weighted by Crippen LogP contribution is 2.45. The number of carbonyl (C=O) groups excluding carboxylic acids is 1. The molecule has 2 aromatic rings.